The summed E-state index contributed by atoms with van der Waals surface area (Å²) < 4.78 is 23.7. The third-order valence-electron chi connectivity index (χ3n) is 3.62. The van der Waals surface area contributed by atoms with Crippen molar-refractivity contribution in [2.24, 2.45) is 5.73 Å². The van der Waals surface area contributed by atoms with Crippen LogP contribution < -0.4 is 5.73 Å². The van der Waals surface area contributed by atoms with Gasteiger partial charge in [0, 0.05) is 16.8 Å². The summed E-state index contributed by atoms with van der Waals surface area (Å²) in [7, 11) is -3.28. The molecule has 100 valence electrons. The van der Waals surface area contributed by atoms with Gasteiger partial charge in [0.15, 0.2) is 9.84 Å². The fourth-order valence-electron chi connectivity index (χ4n) is 2.67. The van der Waals surface area contributed by atoms with E-state index in [0.717, 1.165) is 32.1 Å². The summed E-state index contributed by atoms with van der Waals surface area (Å²) in [6.45, 7) is 0. The molecule has 2 N–H and O–H groups in total. The average molecular weight is 288 g/mol. The van der Waals surface area contributed by atoms with Crippen molar-refractivity contribution < 1.29 is 8.42 Å². The van der Waals surface area contributed by atoms with Crippen molar-refractivity contribution in [1.29, 1.82) is 0 Å². The largest absolute Gasteiger partial charge is 0.321 e. The molecule has 1 aromatic carbocycles. The lowest BCUT2D eigenvalue weighted by Gasteiger charge is -2.35. The van der Waals surface area contributed by atoms with Crippen molar-refractivity contribution in [3.8, 4) is 0 Å². The highest BCUT2D eigenvalue weighted by molar-refractivity contribution is 7.90. The van der Waals surface area contributed by atoms with Crippen LogP contribution in [-0.2, 0) is 15.4 Å². The van der Waals surface area contributed by atoms with E-state index < -0.39 is 15.4 Å². The third-order valence-corrected chi connectivity index (χ3v) is 5.01. The van der Waals surface area contributed by atoms with Crippen molar-refractivity contribution in [1.82, 2.24) is 0 Å². The zero-order valence-corrected chi connectivity index (χ0v) is 12.0. The number of benzene rings is 1. The first-order chi connectivity index (χ1) is 8.33. The summed E-state index contributed by atoms with van der Waals surface area (Å²) in [6.07, 6.45) is 6.07. The molecule has 1 fully saturated rings. The number of hydrogen-bond acceptors (Lipinski definition) is 3. The molecule has 0 aromatic heterocycles. The smallest absolute Gasteiger partial charge is 0.175 e. The van der Waals surface area contributed by atoms with Crippen LogP contribution in [0.2, 0.25) is 5.02 Å². The van der Waals surface area contributed by atoms with Gasteiger partial charge in [0.1, 0.15) is 0 Å². The quantitative estimate of drug-likeness (QED) is 0.910. The summed E-state index contributed by atoms with van der Waals surface area (Å²) in [6, 6.07) is 4.88. The van der Waals surface area contributed by atoms with Crippen molar-refractivity contribution in [3.63, 3.8) is 0 Å². The predicted octanol–water partition coefficient (Wildman–Crippen LogP) is 2.86. The standard InChI is InChI=1S/C13H18ClNO2S/c1-18(16,17)12-6-5-10(14)9-11(12)13(15)7-3-2-4-8-13/h5-6,9H,2-4,7-8,15H2,1H3. The molecule has 0 heterocycles. The molecular weight excluding hydrogens is 270 g/mol. The highest BCUT2D eigenvalue weighted by atomic mass is 35.5. The molecule has 0 bridgehead atoms. The monoisotopic (exact) mass is 287 g/mol. The Balaban J connectivity index is 2.58. The van der Waals surface area contributed by atoms with Gasteiger partial charge in [-0.1, -0.05) is 30.9 Å². The second-order valence-corrected chi connectivity index (χ2v) is 7.55. The molecule has 5 heteroatoms. The van der Waals surface area contributed by atoms with Crippen molar-refractivity contribution >= 4 is 21.4 Å². The summed E-state index contributed by atoms with van der Waals surface area (Å²) in [5.74, 6) is 0. The van der Waals surface area contributed by atoms with Crippen LogP contribution >= 0.6 is 11.6 Å². The Morgan fingerprint density at radius 1 is 1.22 bits per heavy atom. The van der Waals surface area contributed by atoms with Crippen LogP contribution in [0.4, 0.5) is 0 Å². The fourth-order valence-corrected chi connectivity index (χ4v) is 3.82. The maximum absolute atomic E-state index is 11.9. The van der Waals surface area contributed by atoms with Gasteiger partial charge in [-0.05, 0) is 36.6 Å². The summed E-state index contributed by atoms with van der Waals surface area (Å²) in [4.78, 5) is 0.316. The van der Waals surface area contributed by atoms with E-state index in [0.29, 0.717) is 15.5 Å². The maximum Gasteiger partial charge on any atom is 0.175 e. The fraction of sp³-hybridized carbons (Fsp3) is 0.538. The molecule has 0 saturated heterocycles. The van der Waals surface area contributed by atoms with Crippen LogP contribution in [0.3, 0.4) is 0 Å². The summed E-state index contributed by atoms with van der Waals surface area (Å²) in [5, 5.41) is 0.535. The Bertz CT molecular complexity index is 548. The second-order valence-electron chi connectivity index (χ2n) is 5.13. The van der Waals surface area contributed by atoms with E-state index in [1.165, 1.54) is 6.26 Å². The molecule has 0 amide bonds. The molecule has 0 atom stereocenters. The first-order valence-corrected chi connectivity index (χ1v) is 8.39. The third kappa shape index (κ3) is 2.71. The van der Waals surface area contributed by atoms with Gasteiger partial charge >= 0.3 is 0 Å². The normalized spacial score (nSPS) is 19.7. The van der Waals surface area contributed by atoms with Crippen molar-refractivity contribution in [2.45, 2.75) is 42.5 Å². The van der Waals surface area contributed by atoms with Gasteiger partial charge in [0.2, 0.25) is 0 Å². The molecule has 1 saturated carbocycles. The Morgan fingerprint density at radius 3 is 2.39 bits per heavy atom. The lowest BCUT2D eigenvalue weighted by atomic mass is 9.77. The summed E-state index contributed by atoms with van der Waals surface area (Å²) in [5.41, 5.74) is 6.55. The Kier molecular flexibility index (Phi) is 3.72. The Morgan fingerprint density at radius 2 is 1.83 bits per heavy atom. The van der Waals surface area contributed by atoms with Crippen LogP contribution in [0.1, 0.15) is 37.7 Å². The molecular formula is C13H18ClNO2S. The molecule has 1 aliphatic carbocycles. The topological polar surface area (TPSA) is 60.2 Å². The van der Waals surface area contributed by atoms with E-state index in [-0.39, 0.29) is 0 Å². The van der Waals surface area contributed by atoms with E-state index in [1.807, 2.05) is 0 Å². The number of sulfone groups is 1. The minimum Gasteiger partial charge on any atom is -0.321 e. The van der Waals surface area contributed by atoms with Crippen LogP contribution in [0, 0.1) is 0 Å². The lowest BCUT2D eigenvalue weighted by molar-refractivity contribution is 0.297. The van der Waals surface area contributed by atoms with Crippen LogP contribution in [0.15, 0.2) is 23.1 Å². The SMILES string of the molecule is CS(=O)(=O)c1ccc(Cl)cc1C1(N)CCCCC1. The number of halogens is 1. The van der Waals surface area contributed by atoms with Crippen LogP contribution in [0.25, 0.3) is 0 Å². The van der Waals surface area contributed by atoms with Crippen LogP contribution in [-0.4, -0.2) is 14.7 Å². The highest BCUT2D eigenvalue weighted by Gasteiger charge is 2.33. The van der Waals surface area contributed by atoms with Gasteiger partial charge in [-0.15, -0.1) is 0 Å². The first kappa shape index (κ1) is 13.8. The molecule has 0 aliphatic heterocycles. The maximum atomic E-state index is 11.9. The number of nitrogens with two attached hydrogens (primary N) is 1. The molecule has 3 nitrogen and oxygen atoms in total. The molecule has 0 unspecified atom stereocenters. The van der Waals surface area contributed by atoms with Gasteiger partial charge in [0.05, 0.1) is 4.90 Å². The molecule has 1 aliphatic rings. The average Bonchev–Trinajstić information content (AvgIpc) is 2.28. The molecule has 2 rings (SSSR count). The Labute approximate surface area is 113 Å². The minimum absolute atomic E-state index is 0.316. The van der Waals surface area contributed by atoms with E-state index in [4.69, 9.17) is 17.3 Å². The lowest BCUT2D eigenvalue weighted by Crippen LogP contribution is -2.39. The van der Waals surface area contributed by atoms with Gasteiger partial charge in [-0.25, -0.2) is 8.42 Å². The second kappa shape index (κ2) is 4.83. The molecule has 18 heavy (non-hydrogen) atoms. The highest BCUT2D eigenvalue weighted by Crippen LogP contribution is 2.38. The Hall–Kier alpha value is -0.580. The minimum atomic E-state index is -3.28. The number of rotatable bonds is 2. The van der Waals surface area contributed by atoms with Gasteiger partial charge in [-0.3, -0.25) is 0 Å². The van der Waals surface area contributed by atoms with E-state index in [9.17, 15) is 8.42 Å². The zero-order valence-electron chi connectivity index (χ0n) is 10.4. The van der Waals surface area contributed by atoms with E-state index >= 15 is 0 Å². The molecule has 1 aromatic rings. The first-order valence-electron chi connectivity index (χ1n) is 6.12. The molecule has 0 radical (unpaired) electrons. The van der Waals surface area contributed by atoms with Gasteiger partial charge in [0.25, 0.3) is 0 Å². The van der Waals surface area contributed by atoms with Crippen molar-refractivity contribution in [3.05, 3.63) is 28.8 Å². The zero-order chi connectivity index (χ0) is 13.4. The van der Waals surface area contributed by atoms with Crippen LogP contribution in [0.5, 0.6) is 0 Å². The van der Waals surface area contributed by atoms with Gasteiger partial charge in [-0.2, -0.15) is 0 Å². The van der Waals surface area contributed by atoms with E-state index in [1.54, 1.807) is 18.2 Å². The number of hydrogen-bond donors (Lipinski definition) is 1. The van der Waals surface area contributed by atoms with Crippen molar-refractivity contribution in [2.75, 3.05) is 6.26 Å². The van der Waals surface area contributed by atoms with Gasteiger partial charge < -0.3 is 5.73 Å². The summed E-state index contributed by atoms with van der Waals surface area (Å²) >= 11 is 6.00. The predicted molar refractivity (Wildman–Crippen MR) is 73.5 cm³/mol. The molecule has 0 spiro atoms. The van der Waals surface area contributed by atoms with E-state index in [2.05, 4.69) is 0 Å².